The van der Waals surface area contributed by atoms with E-state index < -0.39 is 0 Å². The first-order chi connectivity index (χ1) is 9.22. The van der Waals surface area contributed by atoms with Crippen LogP contribution in [0.5, 0.6) is 0 Å². The minimum Gasteiger partial charge on any atom is -0.466 e. The van der Waals surface area contributed by atoms with Gasteiger partial charge in [0.2, 0.25) is 5.91 Å². The first-order valence-electron chi connectivity index (χ1n) is 7.38. The number of ether oxygens (including phenoxy) is 1. The van der Waals surface area contributed by atoms with Crippen LogP contribution >= 0.6 is 12.4 Å². The largest absolute Gasteiger partial charge is 0.466 e. The van der Waals surface area contributed by atoms with Gasteiger partial charge in [0.05, 0.1) is 12.5 Å². The lowest BCUT2D eigenvalue weighted by atomic mass is 9.93. The summed E-state index contributed by atoms with van der Waals surface area (Å²) in [5.41, 5.74) is 0. The number of esters is 1. The molecule has 1 amide bonds. The third-order valence-electron chi connectivity index (χ3n) is 4.11. The van der Waals surface area contributed by atoms with Crippen molar-refractivity contribution >= 4 is 24.3 Å². The van der Waals surface area contributed by atoms with Gasteiger partial charge in [-0.3, -0.25) is 9.59 Å². The lowest BCUT2D eigenvalue weighted by Gasteiger charge is -2.34. The average Bonchev–Trinajstić information content (AvgIpc) is 2.48. The Morgan fingerprint density at radius 3 is 2.25 bits per heavy atom. The summed E-state index contributed by atoms with van der Waals surface area (Å²) in [6, 6.07) is 0. The van der Waals surface area contributed by atoms with E-state index in [0.717, 1.165) is 38.8 Å². The predicted molar refractivity (Wildman–Crippen MR) is 78.8 cm³/mol. The van der Waals surface area contributed by atoms with Crippen LogP contribution in [-0.2, 0) is 14.3 Å². The summed E-state index contributed by atoms with van der Waals surface area (Å²) in [5, 5.41) is 3.28. The van der Waals surface area contributed by atoms with E-state index in [1.165, 1.54) is 0 Å². The highest BCUT2D eigenvalue weighted by Crippen LogP contribution is 2.22. The Hall–Kier alpha value is -0.810. The van der Waals surface area contributed by atoms with E-state index in [-0.39, 0.29) is 36.1 Å². The van der Waals surface area contributed by atoms with Gasteiger partial charge < -0.3 is 15.0 Å². The number of nitrogens with zero attached hydrogens (tertiary/aromatic N) is 1. The number of amides is 1. The van der Waals surface area contributed by atoms with Crippen molar-refractivity contribution in [2.45, 2.75) is 32.6 Å². The number of carbonyl (C=O) groups is 2. The molecule has 116 valence electrons. The molecule has 0 aromatic heterocycles. The fourth-order valence-corrected chi connectivity index (χ4v) is 2.92. The molecular formula is C14H25ClN2O3. The fourth-order valence-electron chi connectivity index (χ4n) is 2.92. The van der Waals surface area contributed by atoms with Crippen LogP contribution < -0.4 is 5.32 Å². The molecule has 1 N–H and O–H groups in total. The first-order valence-corrected chi connectivity index (χ1v) is 7.38. The molecule has 20 heavy (non-hydrogen) atoms. The molecule has 0 unspecified atom stereocenters. The minimum absolute atomic E-state index is 0. The van der Waals surface area contributed by atoms with Gasteiger partial charge in [-0.25, -0.2) is 0 Å². The van der Waals surface area contributed by atoms with Crippen molar-refractivity contribution in [3.8, 4) is 0 Å². The molecule has 0 atom stereocenters. The van der Waals surface area contributed by atoms with Gasteiger partial charge in [0, 0.05) is 19.0 Å². The Kier molecular flexibility index (Phi) is 7.30. The molecule has 0 aliphatic carbocycles. The van der Waals surface area contributed by atoms with Gasteiger partial charge in [-0.05, 0) is 45.7 Å². The number of carbonyl (C=O) groups excluding carboxylic acids is 2. The molecule has 2 fully saturated rings. The lowest BCUT2D eigenvalue weighted by Crippen LogP contribution is -2.45. The maximum Gasteiger partial charge on any atom is 0.309 e. The van der Waals surface area contributed by atoms with Crippen molar-refractivity contribution in [3.05, 3.63) is 0 Å². The van der Waals surface area contributed by atoms with Crippen LogP contribution in [0.25, 0.3) is 0 Å². The van der Waals surface area contributed by atoms with Crippen molar-refractivity contribution in [1.82, 2.24) is 10.2 Å². The summed E-state index contributed by atoms with van der Waals surface area (Å²) >= 11 is 0. The molecule has 0 saturated carbocycles. The van der Waals surface area contributed by atoms with Crippen molar-refractivity contribution in [2.75, 3.05) is 32.8 Å². The number of halogens is 1. The number of hydrogen-bond donors (Lipinski definition) is 1. The highest BCUT2D eigenvalue weighted by molar-refractivity contribution is 5.85. The molecule has 2 rings (SSSR count). The van der Waals surface area contributed by atoms with Crippen LogP contribution in [0.3, 0.4) is 0 Å². The molecule has 0 aromatic carbocycles. The van der Waals surface area contributed by atoms with E-state index >= 15 is 0 Å². The summed E-state index contributed by atoms with van der Waals surface area (Å²) in [4.78, 5) is 25.9. The lowest BCUT2D eigenvalue weighted by molar-refractivity contribution is -0.152. The van der Waals surface area contributed by atoms with Crippen LogP contribution in [0.1, 0.15) is 32.6 Å². The van der Waals surface area contributed by atoms with Gasteiger partial charge in [-0.1, -0.05) is 0 Å². The molecule has 2 aliphatic heterocycles. The number of hydrogen-bond acceptors (Lipinski definition) is 4. The van der Waals surface area contributed by atoms with E-state index in [1.807, 2.05) is 11.8 Å². The number of nitrogens with one attached hydrogen (secondary N) is 1. The van der Waals surface area contributed by atoms with Crippen LogP contribution in [0.2, 0.25) is 0 Å². The van der Waals surface area contributed by atoms with Gasteiger partial charge >= 0.3 is 5.97 Å². The molecule has 2 heterocycles. The SMILES string of the molecule is CCOC(=O)C1CCN(C(=O)C2CCNCC2)CC1.Cl. The molecule has 0 aromatic rings. The topological polar surface area (TPSA) is 58.6 Å². The molecule has 5 nitrogen and oxygen atoms in total. The second-order valence-corrected chi connectivity index (χ2v) is 5.38. The molecular weight excluding hydrogens is 280 g/mol. The Morgan fingerprint density at radius 1 is 1.10 bits per heavy atom. The minimum atomic E-state index is -0.100. The number of piperidine rings is 2. The number of rotatable bonds is 3. The van der Waals surface area contributed by atoms with E-state index in [4.69, 9.17) is 4.74 Å². The summed E-state index contributed by atoms with van der Waals surface area (Å²) < 4.78 is 5.04. The summed E-state index contributed by atoms with van der Waals surface area (Å²) in [6.07, 6.45) is 3.37. The summed E-state index contributed by atoms with van der Waals surface area (Å²) in [5.74, 6) is 0.345. The van der Waals surface area contributed by atoms with Crippen molar-refractivity contribution in [3.63, 3.8) is 0 Å². The molecule has 0 bridgehead atoms. The maximum absolute atomic E-state index is 12.3. The van der Waals surface area contributed by atoms with Gasteiger partial charge in [0.25, 0.3) is 0 Å². The van der Waals surface area contributed by atoms with Crippen molar-refractivity contribution in [1.29, 1.82) is 0 Å². The zero-order valence-electron chi connectivity index (χ0n) is 12.1. The van der Waals surface area contributed by atoms with Crippen molar-refractivity contribution < 1.29 is 14.3 Å². The second-order valence-electron chi connectivity index (χ2n) is 5.38. The summed E-state index contributed by atoms with van der Waals surface area (Å²) in [7, 11) is 0. The second kappa shape index (κ2) is 8.47. The van der Waals surface area contributed by atoms with E-state index in [1.54, 1.807) is 0 Å². The smallest absolute Gasteiger partial charge is 0.309 e. The molecule has 2 saturated heterocycles. The quantitative estimate of drug-likeness (QED) is 0.796. The Morgan fingerprint density at radius 2 is 1.70 bits per heavy atom. The highest BCUT2D eigenvalue weighted by Gasteiger charge is 2.31. The monoisotopic (exact) mass is 304 g/mol. The van der Waals surface area contributed by atoms with Crippen LogP contribution in [-0.4, -0.2) is 49.6 Å². The Balaban J connectivity index is 0.00000200. The third-order valence-corrected chi connectivity index (χ3v) is 4.11. The zero-order valence-corrected chi connectivity index (χ0v) is 12.9. The Bertz CT molecular complexity index is 324. The molecule has 0 radical (unpaired) electrons. The van der Waals surface area contributed by atoms with Gasteiger partial charge in [-0.2, -0.15) is 0 Å². The van der Waals surface area contributed by atoms with Crippen LogP contribution in [0.15, 0.2) is 0 Å². The van der Waals surface area contributed by atoms with E-state index in [9.17, 15) is 9.59 Å². The normalized spacial score (nSPS) is 21.1. The summed E-state index contributed by atoms with van der Waals surface area (Å²) in [6.45, 7) is 5.55. The van der Waals surface area contributed by atoms with E-state index in [0.29, 0.717) is 19.7 Å². The first kappa shape index (κ1) is 17.2. The molecule has 2 aliphatic rings. The Labute approximate surface area is 126 Å². The number of likely N-dealkylation sites (tertiary alicyclic amines) is 1. The predicted octanol–water partition coefficient (Wildman–Crippen LogP) is 1.21. The van der Waals surface area contributed by atoms with Crippen LogP contribution in [0.4, 0.5) is 0 Å². The van der Waals surface area contributed by atoms with Crippen LogP contribution in [0, 0.1) is 11.8 Å². The van der Waals surface area contributed by atoms with Crippen molar-refractivity contribution in [2.24, 2.45) is 11.8 Å². The highest BCUT2D eigenvalue weighted by atomic mass is 35.5. The average molecular weight is 305 g/mol. The molecule has 6 heteroatoms. The van der Waals surface area contributed by atoms with Gasteiger partial charge in [-0.15, -0.1) is 12.4 Å². The fraction of sp³-hybridized carbons (Fsp3) is 0.857. The zero-order chi connectivity index (χ0) is 13.7. The maximum atomic E-state index is 12.3. The third kappa shape index (κ3) is 4.35. The molecule has 0 spiro atoms. The van der Waals surface area contributed by atoms with Gasteiger partial charge in [0.1, 0.15) is 0 Å². The standard InChI is InChI=1S/C14H24N2O3.ClH/c1-2-19-14(18)12-5-9-16(10-6-12)13(17)11-3-7-15-8-4-11;/h11-12,15H,2-10H2,1H3;1H. The van der Waals surface area contributed by atoms with Gasteiger partial charge in [0.15, 0.2) is 0 Å². The van der Waals surface area contributed by atoms with E-state index in [2.05, 4.69) is 5.32 Å².